The third-order valence-corrected chi connectivity index (χ3v) is 5.81. The molecule has 2 heterocycles. The highest BCUT2D eigenvalue weighted by Gasteiger charge is 2.47. The number of benzene rings is 1. The molecule has 27 heavy (non-hydrogen) atoms. The van der Waals surface area contributed by atoms with Crippen LogP contribution in [0.2, 0.25) is 0 Å². The van der Waals surface area contributed by atoms with Crippen LogP contribution in [-0.2, 0) is 9.53 Å². The van der Waals surface area contributed by atoms with Crippen molar-refractivity contribution in [3.8, 4) is 0 Å². The maximum Gasteiger partial charge on any atom is 0.410 e. The maximum absolute atomic E-state index is 12.4. The average molecular weight is 373 g/mol. The van der Waals surface area contributed by atoms with Gasteiger partial charge >= 0.3 is 6.09 Å². The van der Waals surface area contributed by atoms with Crippen molar-refractivity contribution in [1.82, 2.24) is 14.7 Å². The van der Waals surface area contributed by atoms with Crippen molar-refractivity contribution in [1.29, 1.82) is 0 Å². The molecule has 1 atom stereocenters. The minimum Gasteiger partial charge on any atom is -0.441 e. The first-order valence-electron chi connectivity index (χ1n) is 9.84. The summed E-state index contributed by atoms with van der Waals surface area (Å²) in [4.78, 5) is 30.0. The molecule has 1 aromatic carbocycles. The number of hydrogen-bond acceptors (Lipinski definition) is 4. The van der Waals surface area contributed by atoms with Crippen molar-refractivity contribution in [2.75, 3.05) is 46.8 Å². The minimum absolute atomic E-state index is 0.156. The number of piperidine rings is 1. The van der Waals surface area contributed by atoms with Gasteiger partial charge in [-0.1, -0.05) is 37.3 Å². The van der Waals surface area contributed by atoms with Crippen LogP contribution in [-0.4, -0.2) is 79.1 Å². The Kier molecular flexibility index (Phi) is 6.05. The lowest BCUT2D eigenvalue weighted by atomic mass is 9.91. The molecule has 2 amide bonds. The molecule has 6 heteroatoms. The Balaban J connectivity index is 1.49. The molecule has 2 fully saturated rings. The van der Waals surface area contributed by atoms with Crippen LogP contribution < -0.4 is 0 Å². The summed E-state index contributed by atoms with van der Waals surface area (Å²) in [6, 6.07) is 10.3. The summed E-state index contributed by atoms with van der Waals surface area (Å²) in [5, 5.41) is 0. The third-order valence-electron chi connectivity index (χ3n) is 5.81. The molecule has 0 unspecified atom stereocenters. The second kappa shape index (κ2) is 8.30. The Hall–Kier alpha value is -2.08. The predicted molar refractivity (Wildman–Crippen MR) is 105 cm³/mol. The molecule has 0 aliphatic carbocycles. The van der Waals surface area contributed by atoms with E-state index in [1.807, 2.05) is 23.1 Å². The molecule has 2 aliphatic rings. The summed E-state index contributed by atoms with van der Waals surface area (Å²) in [6.45, 7) is 6.03. The van der Waals surface area contributed by atoms with E-state index in [0.29, 0.717) is 19.5 Å². The Morgan fingerprint density at radius 2 is 1.89 bits per heavy atom. The fourth-order valence-electron chi connectivity index (χ4n) is 3.97. The lowest BCUT2D eigenvalue weighted by molar-refractivity contribution is -0.129. The zero-order valence-corrected chi connectivity index (χ0v) is 16.7. The van der Waals surface area contributed by atoms with Crippen LogP contribution in [0.5, 0.6) is 0 Å². The second-order valence-electron chi connectivity index (χ2n) is 8.12. The standard InChI is InChI=1S/C21H31N3O3/c1-17(18-7-5-4-6-8-18)15-24-16-21(27-20(24)26)10-13-23(14-11-21)12-9-19(25)22(2)3/h4-8,17H,9-16H2,1-3H3/t17-/m1/s1. The number of ether oxygens (including phenoxy) is 1. The minimum atomic E-state index is -0.352. The van der Waals surface area contributed by atoms with Crippen LogP contribution in [0.3, 0.4) is 0 Å². The van der Waals surface area contributed by atoms with Gasteiger partial charge in [-0.25, -0.2) is 4.79 Å². The van der Waals surface area contributed by atoms with E-state index < -0.39 is 0 Å². The van der Waals surface area contributed by atoms with Crippen molar-refractivity contribution in [2.24, 2.45) is 0 Å². The van der Waals surface area contributed by atoms with Gasteiger partial charge in [0.1, 0.15) is 5.60 Å². The molecule has 1 aromatic rings. The zero-order valence-electron chi connectivity index (χ0n) is 16.7. The first-order chi connectivity index (χ1) is 12.9. The normalized spacial score (nSPS) is 20.6. The van der Waals surface area contributed by atoms with Crippen molar-refractivity contribution < 1.29 is 14.3 Å². The van der Waals surface area contributed by atoms with Crippen molar-refractivity contribution >= 4 is 12.0 Å². The molecule has 3 rings (SSSR count). The summed E-state index contributed by atoms with van der Waals surface area (Å²) < 4.78 is 5.84. The summed E-state index contributed by atoms with van der Waals surface area (Å²) in [5.41, 5.74) is 0.891. The van der Waals surface area contributed by atoms with Crippen LogP contribution in [0, 0.1) is 0 Å². The fourth-order valence-corrected chi connectivity index (χ4v) is 3.97. The van der Waals surface area contributed by atoms with Gasteiger partial charge in [-0.3, -0.25) is 4.79 Å². The van der Waals surface area contributed by atoms with Gasteiger partial charge in [0, 0.05) is 59.5 Å². The number of amides is 2. The van der Waals surface area contributed by atoms with Gasteiger partial charge in [0.25, 0.3) is 0 Å². The van der Waals surface area contributed by atoms with Gasteiger partial charge in [0.15, 0.2) is 0 Å². The number of nitrogens with zero attached hydrogens (tertiary/aromatic N) is 3. The molecule has 1 spiro atoms. The van der Waals surface area contributed by atoms with Crippen molar-refractivity contribution in [3.63, 3.8) is 0 Å². The lowest BCUT2D eigenvalue weighted by Crippen LogP contribution is -2.47. The lowest BCUT2D eigenvalue weighted by Gasteiger charge is -2.37. The van der Waals surface area contributed by atoms with Gasteiger partial charge in [-0.05, 0) is 11.5 Å². The quantitative estimate of drug-likeness (QED) is 0.769. The molecular weight excluding hydrogens is 342 g/mol. The molecule has 0 saturated carbocycles. The Morgan fingerprint density at radius 1 is 1.22 bits per heavy atom. The van der Waals surface area contributed by atoms with E-state index in [0.717, 1.165) is 32.5 Å². The Morgan fingerprint density at radius 3 is 2.52 bits per heavy atom. The van der Waals surface area contributed by atoms with E-state index in [1.54, 1.807) is 19.0 Å². The van der Waals surface area contributed by atoms with Gasteiger partial charge in [0.05, 0.1) is 6.54 Å². The van der Waals surface area contributed by atoms with Crippen LogP contribution in [0.4, 0.5) is 4.79 Å². The zero-order chi connectivity index (χ0) is 19.4. The smallest absolute Gasteiger partial charge is 0.410 e. The number of likely N-dealkylation sites (tertiary alicyclic amines) is 1. The molecule has 2 saturated heterocycles. The van der Waals surface area contributed by atoms with E-state index in [1.165, 1.54) is 5.56 Å². The van der Waals surface area contributed by atoms with E-state index in [4.69, 9.17) is 4.74 Å². The molecule has 0 bridgehead atoms. The van der Waals surface area contributed by atoms with Gasteiger partial charge in [-0.2, -0.15) is 0 Å². The van der Waals surface area contributed by atoms with E-state index in [2.05, 4.69) is 24.0 Å². The van der Waals surface area contributed by atoms with Crippen LogP contribution in [0.1, 0.15) is 37.7 Å². The Bertz CT molecular complexity index is 654. The highest BCUT2D eigenvalue weighted by molar-refractivity contribution is 5.75. The third kappa shape index (κ3) is 4.80. The molecule has 0 aromatic heterocycles. The molecule has 6 nitrogen and oxygen atoms in total. The molecule has 0 radical (unpaired) electrons. The number of rotatable bonds is 6. The van der Waals surface area contributed by atoms with E-state index >= 15 is 0 Å². The first-order valence-corrected chi connectivity index (χ1v) is 9.84. The molecule has 148 valence electrons. The van der Waals surface area contributed by atoms with Crippen LogP contribution in [0.15, 0.2) is 30.3 Å². The van der Waals surface area contributed by atoms with Crippen LogP contribution in [0.25, 0.3) is 0 Å². The SMILES string of the molecule is C[C@H](CN1CC2(CCN(CCC(=O)N(C)C)CC2)OC1=O)c1ccccc1. The second-order valence-corrected chi connectivity index (χ2v) is 8.12. The van der Waals surface area contributed by atoms with E-state index in [-0.39, 0.29) is 23.5 Å². The summed E-state index contributed by atoms with van der Waals surface area (Å²) in [5.74, 6) is 0.440. The number of hydrogen-bond donors (Lipinski definition) is 0. The predicted octanol–water partition coefficient (Wildman–Crippen LogP) is 2.56. The van der Waals surface area contributed by atoms with Gasteiger partial charge < -0.3 is 19.4 Å². The van der Waals surface area contributed by atoms with E-state index in [9.17, 15) is 9.59 Å². The summed E-state index contributed by atoms with van der Waals surface area (Å²) in [7, 11) is 3.58. The van der Waals surface area contributed by atoms with Gasteiger partial charge in [-0.15, -0.1) is 0 Å². The Labute approximate surface area is 162 Å². The summed E-state index contributed by atoms with van der Waals surface area (Å²) >= 11 is 0. The number of carbonyl (C=O) groups excluding carboxylic acids is 2. The molecular formula is C21H31N3O3. The number of carbonyl (C=O) groups is 2. The van der Waals surface area contributed by atoms with Crippen LogP contribution >= 0.6 is 0 Å². The maximum atomic E-state index is 12.4. The molecule has 2 aliphatic heterocycles. The van der Waals surface area contributed by atoms with Crippen molar-refractivity contribution in [2.45, 2.75) is 37.7 Å². The topological polar surface area (TPSA) is 53.1 Å². The monoisotopic (exact) mass is 373 g/mol. The highest BCUT2D eigenvalue weighted by Crippen LogP contribution is 2.34. The fraction of sp³-hybridized carbons (Fsp3) is 0.619. The average Bonchev–Trinajstić information content (AvgIpc) is 2.96. The summed E-state index contributed by atoms with van der Waals surface area (Å²) in [6.07, 6.45) is 2.03. The first kappa shape index (κ1) is 19.7. The van der Waals surface area contributed by atoms with Crippen molar-refractivity contribution in [3.05, 3.63) is 35.9 Å². The van der Waals surface area contributed by atoms with Gasteiger partial charge in [0.2, 0.25) is 5.91 Å². The highest BCUT2D eigenvalue weighted by atomic mass is 16.6. The largest absolute Gasteiger partial charge is 0.441 e. The molecule has 0 N–H and O–H groups in total.